The minimum atomic E-state index is -0.0177. The molecule has 98 valence electrons. The van der Waals surface area contributed by atoms with Crippen LogP contribution in [0.1, 0.15) is 31.5 Å². The van der Waals surface area contributed by atoms with Crippen LogP contribution in [0, 0.1) is 0 Å². The number of thiazole rings is 2. The third-order valence-corrected chi connectivity index (χ3v) is 4.13. The monoisotopic (exact) mass is 283 g/mol. The second-order valence-corrected chi connectivity index (χ2v) is 7.01. The van der Waals surface area contributed by atoms with Gasteiger partial charge in [0, 0.05) is 17.9 Å². The molecule has 2 heterocycles. The summed E-state index contributed by atoms with van der Waals surface area (Å²) in [5.41, 5.74) is 7.67. The molecule has 4 nitrogen and oxygen atoms in total. The maximum Gasteiger partial charge on any atom is 0.180 e. The fraction of sp³-hybridized carbons (Fsp3) is 0.500. The van der Waals surface area contributed by atoms with Gasteiger partial charge in [0.15, 0.2) is 5.13 Å². The van der Waals surface area contributed by atoms with Crippen LogP contribution in [0.2, 0.25) is 0 Å². The lowest BCUT2D eigenvalue weighted by Crippen LogP contribution is -2.13. The number of rotatable bonds is 3. The van der Waals surface area contributed by atoms with E-state index in [4.69, 9.17) is 10.5 Å². The summed E-state index contributed by atoms with van der Waals surface area (Å²) in [5.74, 6) is 0. The van der Waals surface area contributed by atoms with Crippen molar-refractivity contribution in [3.05, 3.63) is 16.1 Å². The Hall–Kier alpha value is -0.980. The lowest BCUT2D eigenvalue weighted by molar-refractivity contribution is 0.184. The molecule has 0 aliphatic heterocycles. The highest BCUT2D eigenvalue weighted by Crippen LogP contribution is 2.38. The van der Waals surface area contributed by atoms with E-state index in [0.717, 1.165) is 21.3 Å². The molecule has 0 aliphatic rings. The fourth-order valence-electron chi connectivity index (χ4n) is 1.62. The first kappa shape index (κ1) is 13.5. The minimum Gasteiger partial charge on any atom is -0.378 e. The lowest BCUT2D eigenvalue weighted by Gasteiger charge is -2.16. The molecule has 0 bridgehead atoms. The molecule has 0 aliphatic carbocycles. The van der Waals surface area contributed by atoms with Crippen LogP contribution in [0.25, 0.3) is 10.6 Å². The van der Waals surface area contributed by atoms with Crippen molar-refractivity contribution in [1.82, 2.24) is 9.97 Å². The fourth-order valence-corrected chi connectivity index (χ4v) is 3.46. The van der Waals surface area contributed by atoms with E-state index in [1.54, 1.807) is 18.4 Å². The van der Waals surface area contributed by atoms with Crippen LogP contribution in [0.15, 0.2) is 5.38 Å². The van der Waals surface area contributed by atoms with Crippen molar-refractivity contribution in [3.63, 3.8) is 0 Å². The van der Waals surface area contributed by atoms with Gasteiger partial charge in [0.05, 0.1) is 22.9 Å². The zero-order valence-electron chi connectivity index (χ0n) is 11.0. The van der Waals surface area contributed by atoms with Gasteiger partial charge in [-0.25, -0.2) is 9.97 Å². The van der Waals surface area contributed by atoms with Gasteiger partial charge >= 0.3 is 0 Å². The maximum absolute atomic E-state index is 5.71. The summed E-state index contributed by atoms with van der Waals surface area (Å²) >= 11 is 3.09. The van der Waals surface area contributed by atoms with E-state index in [-0.39, 0.29) is 5.41 Å². The first-order valence-corrected chi connectivity index (χ1v) is 7.32. The quantitative estimate of drug-likeness (QED) is 0.939. The Bertz CT molecular complexity index is 540. The summed E-state index contributed by atoms with van der Waals surface area (Å²) in [4.78, 5) is 10.1. The Balaban J connectivity index is 2.50. The summed E-state index contributed by atoms with van der Waals surface area (Å²) in [5, 5.41) is 3.55. The SMILES string of the molecule is COCc1nc(C(C)(C)C)c(-c2csc(N)n2)s1. The molecule has 2 aromatic heterocycles. The Kier molecular flexibility index (Phi) is 3.70. The average Bonchev–Trinajstić information content (AvgIpc) is 2.83. The zero-order valence-corrected chi connectivity index (χ0v) is 12.6. The van der Waals surface area contributed by atoms with Crippen LogP contribution < -0.4 is 5.73 Å². The van der Waals surface area contributed by atoms with Crippen molar-refractivity contribution in [3.8, 4) is 10.6 Å². The van der Waals surface area contributed by atoms with Crippen molar-refractivity contribution in [2.45, 2.75) is 32.8 Å². The Labute approximate surface area is 115 Å². The number of aromatic nitrogens is 2. The number of hydrogen-bond acceptors (Lipinski definition) is 6. The smallest absolute Gasteiger partial charge is 0.180 e. The molecule has 6 heteroatoms. The Morgan fingerprint density at radius 2 is 2.06 bits per heavy atom. The van der Waals surface area contributed by atoms with Gasteiger partial charge in [-0.15, -0.1) is 22.7 Å². The molecule has 0 aromatic carbocycles. The van der Waals surface area contributed by atoms with Crippen LogP contribution in [-0.2, 0) is 16.8 Å². The van der Waals surface area contributed by atoms with Gasteiger partial charge in [0.25, 0.3) is 0 Å². The molecule has 0 radical (unpaired) electrons. The number of hydrogen-bond donors (Lipinski definition) is 1. The van der Waals surface area contributed by atoms with Crippen molar-refractivity contribution >= 4 is 27.8 Å². The predicted octanol–water partition coefficient (Wildman–Crippen LogP) is 3.29. The number of nitrogens with two attached hydrogens (primary N) is 1. The van der Waals surface area contributed by atoms with Gasteiger partial charge in [-0.1, -0.05) is 20.8 Å². The van der Waals surface area contributed by atoms with Crippen molar-refractivity contribution in [1.29, 1.82) is 0 Å². The highest BCUT2D eigenvalue weighted by molar-refractivity contribution is 7.16. The molecule has 0 amide bonds. The van der Waals surface area contributed by atoms with E-state index in [0.29, 0.717) is 11.7 Å². The van der Waals surface area contributed by atoms with Gasteiger partial charge in [-0.3, -0.25) is 0 Å². The number of ether oxygens (including phenoxy) is 1. The third-order valence-electron chi connectivity index (χ3n) is 2.40. The van der Waals surface area contributed by atoms with Crippen LogP contribution in [0.4, 0.5) is 5.13 Å². The van der Waals surface area contributed by atoms with Gasteiger partial charge in [0.2, 0.25) is 0 Å². The number of nitrogens with zero attached hydrogens (tertiary/aromatic N) is 2. The van der Waals surface area contributed by atoms with Crippen LogP contribution >= 0.6 is 22.7 Å². The molecule has 2 aromatic rings. The van der Waals surface area contributed by atoms with Crippen molar-refractivity contribution < 1.29 is 4.74 Å². The molecule has 0 saturated carbocycles. The summed E-state index contributed by atoms with van der Waals surface area (Å²) in [7, 11) is 1.68. The molecule has 2 N–H and O–H groups in total. The van der Waals surface area contributed by atoms with Gasteiger partial charge in [-0.2, -0.15) is 0 Å². The van der Waals surface area contributed by atoms with E-state index < -0.39 is 0 Å². The molecule has 2 rings (SSSR count). The molecule has 0 atom stereocenters. The summed E-state index contributed by atoms with van der Waals surface area (Å²) in [6.45, 7) is 6.99. The Morgan fingerprint density at radius 3 is 2.56 bits per heavy atom. The van der Waals surface area contributed by atoms with Crippen LogP contribution in [0.5, 0.6) is 0 Å². The van der Waals surface area contributed by atoms with E-state index in [1.807, 2.05) is 5.38 Å². The predicted molar refractivity (Wildman–Crippen MR) is 77.0 cm³/mol. The van der Waals surface area contributed by atoms with E-state index >= 15 is 0 Å². The second-order valence-electron chi connectivity index (χ2n) is 5.04. The van der Waals surface area contributed by atoms with Gasteiger partial charge in [0.1, 0.15) is 5.01 Å². The highest BCUT2D eigenvalue weighted by Gasteiger charge is 2.25. The highest BCUT2D eigenvalue weighted by atomic mass is 32.1. The summed E-state index contributed by atoms with van der Waals surface area (Å²) in [6.07, 6.45) is 0. The van der Waals surface area contributed by atoms with Crippen LogP contribution in [-0.4, -0.2) is 17.1 Å². The zero-order chi connectivity index (χ0) is 13.3. The number of methoxy groups -OCH3 is 1. The standard InChI is InChI=1S/C12H17N3OS2/c1-12(2,3)10-9(7-6-17-11(13)14-7)18-8(15-10)5-16-4/h6H,5H2,1-4H3,(H2,13,14). The number of nitrogen functional groups attached to an aromatic ring is 1. The van der Waals surface area contributed by atoms with E-state index in [9.17, 15) is 0 Å². The maximum atomic E-state index is 5.71. The van der Waals surface area contributed by atoms with E-state index in [2.05, 4.69) is 30.7 Å². The minimum absolute atomic E-state index is 0.0177. The largest absolute Gasteiger partial charge is 0.378 e. The first-order chi connectivity index (χ1) is 8.41. The summed E-state index contributed by atoms with van der Waals surface area (Å²) in [6, 6.07) is 0. The van der Waals surface area contributed by atoms with E-state index in [1.165, 1.54) is 11.3 Å². The third kappa shape index (κ3) is 2.71. The number of anilines is 1. The van der Waals surface area contributed by atoms with Crippen molar-refractivity contribution in [2.75, 3.05) is 12.8 Å². The molecule has 0 saturated heterocycles. The lowest BCUT2D eigenvalue weighted by atomic mass is 9.91. The Morgan fingerprint density at radius 1 is 1.33 bits per heavy atom. The molecular weight excluding hydrogens is 266 g/mol. The molecule has 18 heavy (non-hydrogen) atoms. The molecular formula is C12H17N3OS2. The first-order valence-electron chi connectivity index (χ1n) is 5.62. The summed E-state index contributed by atoms with van der Waals surface area (Å²) < 4.78 is 5.16. The van der Waals surface area contributed by atoms with Gasteiger partial charge in [-0.05, 0) is 0 Å². The molecule has 0 spiro atoms. The van der Waals surface area contributed by atoms with Crippen molar-refractivity contribution in [2.24, 2.45) is 0 Å². The van der Waals surface area contributed by atoms with Gasteiger partial charge < -0.3 is 10.5 Å². The normalized spacial score (nSPS) is 12.0. The average molecular weight is 283 g/mol. The van der Waals surface area contributed by atoms with Crippen LogP contribution in [0.3, 0.4) is 0 Å². The molecule has 0 unspecified atom stereocenters. The topological polar surface area (TPSA) is 61.0 Å². The molecule has 0 fully saturated rings. The second kappa shape index (κ2) is 4.95.